The highest BCUT2D eigenvalue weighted by Gasteiger charge is 2.22. The molecule has 1 amide bonds. The van der Waals surface area contributed by atoms with Crippen molar-refractivity contribution in [1.29, 1.82) is 0 Å². The van der Waals surface area contributed by atoms with Crippen molar-refractivity contribution >= 4 is 21.6 Å². The average Bonchev–Trinajstić information content (AvgIpc) is 2.66. The normalized spacial score (nSPS) is 12.9. The maximum absolute atomic E-state index is 12.6. The van der Waals surface area contributed by atoms with Crippen LogP contribution in [0.2, 0.25) is 0 Å². The summed E-state index contributed by atoms with van der Waals surface area (Å²) in [7, 11) is -3.63. The Morgan fingerprint density at radius 2 is 1.63 bits per heavy atom. The molecule has 0 aliphatic carbocycles. The van der Waals surface area contributed by atoms with Crippen LogP contribution in [-0.2, 0) is 20.2 Å². The molecule has 0 bridgehead atoms. The van der Waals surface area contributed by atoms with E-state index in [9.17, 15) is 13.2 Å². The first-order valence-corrected chi connectivity index (χ1v) is 11.9. The zero-order valence-electron chi connectivity index (χ0n) is 18.6. The summed E-state index contributed by atoms with van der Waals surface area (Å²) in [6.45, 7) is 10.4. The molecule has 0 spiro atoms. The van der Waals surface area contributed by atoms with Gasteiger partial charge in [-0.05, 0) is 54.7 Å². The largest absolute Gasteiger partial charge is 0.494 e. The summed E-state index contributed by atoms with van der Waals surface area (Å²) < 4.78 is 31.0. The molecule has 1 unspecified atom stereocenters. The topological polar surface area (TPSA) is 75.7 Å². The van der Waals surface area contributed by atoms with Crippen molar-refractivity contribution in [2.45, 2.75) is 46.1 Å². The highest BCUT2D eigenvalue weighted by atomic mass is 32.2. The Balaban J connectivity index is 2.10. The average molecular weight is 433 g/mol. The number of anilines is 1. The second-order valence-electron chi connectivity index (χ2n) is 8.36. The number of carbonyl (C=O) groups is 1. The summed E-state index contributed by atoms with van der Waals surface area (Å²) in [4.78, 5) is 12.6. The van der Waals surface area contributed by atoms with Gasteiger partial charge in [-0.2, -0.15) is 0 Å². The molecule has 6 nitrogen and oxygen atoms in total. The van der Waals surface area contributed by atoms with E-state index in [0.29, 0.717) is 18.0 Å². The minimum absolute atomic E-state index is 0.0543. The van der Waals surface area contributed by atoms with Crippen LogP contribution in [0, 0.1) is 0 Å². The summed E-state index contributed by atoms with van der Waals surface area (Å²) in [5, 5.41) is 2.89. The standard InChI is InChI=1S/C23H32N2O4S/c1-7-29-21-14-12-20(13-15-21)25(30(6,27)28)16-22(26)24-17(2)18-8-10-19(11-9-18)23(3,4)5/h8-15,17H,7,16H2,1-6H3,(H,24,26). The molecule has 0 saturated heterocycles. The lowest BCUT2D eigenvalue weighted by atomic mass is 9.86. The molecule has 0 saturated carbocycles. The van der Waals surface area contributed by atoms with Gasteiger partial charge in [-0.1, -0.05) is 45.0 Å². The van der Waals surface area contributed by atoms with Crippen LogP contribution in [0.4, 0.5) is 5.69 Å². The molecule has 0 heterocycles. The SMILES string of the molecule is CCOc1ccc(N(CC(=O)NC(C)c2ccc(C(C)(C)C)cc2)S(C)(=O)=O)cc1. The highest BCUT2D eigenvalue weighted by Crippen LogP contribution is 2.24. The number of ether oxygens (including phenoxy) is 1. The summed E-state index contributed by atoms with van der Waals surface area (Å²) in [6, 6.07) is 14.5. The molecule has 1 atom stereocenters. The zero-order chi connectivity index (χ0) is 22.5. The van der Waals surface area contributed by atoms with Crippen LogP contribution >= 0.6 is 0 Å². The summed E-state index contributed by atoms with van der Waals surface area (Å²) in [5.74, 6) is 0.271. The van der Waals surface area contributed by atoms with E-state index in [2.05, 4.69) is 38.2 Å². The van der Waals surface area contributed by atoms with Gasteiger partial charge in [-0.3, -0.25) is 9.10 Å². The number of amides is 1. The predicted molar refractivity (Wildman–Crippen MR) is 122 cm³/mol. The zero-order valence-corrected chi connectivity index (χ0v) is 19.4. The van der Waals surface area contributed by atoms with Gasteiger partial charge in [-0.25, -0.2) is 8.42 Å². The Morgan fingerprint density at radius 3 is 2.10 bits per heavy atom. The van der Waals surface area contributed by atoms with Gasteiger partial charge in [0, 0.05) is 0 Å². The first-order valence-electron chi connectivity index (χ1n) is 10.0. The van der Waals surface area contributed by atoms with Gasteiger partial charge in [0.2, 0.25) is 15.9 Å². The Bertz CT molecular complexity index is 946. The van der Waals surface area contributed by atoms with E-state index >= 15 is 0 Å². The number of sulfonamides is 1. The molecule has 2 aromatic carbocycles. The van der Waals surface area contributed by atoms with Crippen molar-refractivity contribution in [1.82, 2.24) is 5.32 Å². The number of benzene rings is 2. The summed E-state index contributed by atoms with van der Waals surface area (Å²) in [5.41, 5.74) is 2.64. The van der Waals surface area contributed by atoms with E-state index in [1.54, 1.807) is 24.3 Å². The van der Waals surface area contributed by atoms with Crippen molar-refractivity contribution in [3.8, 4) is 5.75 Å². The van der Waals surface area contributed by atoms with Gasteiger partial charge in [0.15, 0.2) is 0 Å². The third-order valence-electron chi connectivity index (χ3n) is 4.78. The monoisotopic (exact) mass is 432 g/mol. The Hall–Kier alpha value is -2.54. The minimum Gasteiger partial charge on any atom is -0.494 e. The van der Waals surface area contributed by atoms with Crippen LogP contribution in [-0.4, -0.2) is 33.7 Å². The first-order chi connectivity index (χ1) is 13.9. The minimum atomic E-state index is -3.63. The number of carbonyl (C=O) groups excluding carboxylic acids is 1. The number of rotatable bonds is 8. The lowest BCUT2D eigenvalue weighted by molar-refractivity contribution is -0.120. The van der Waals surface area contributed by atoms with Crippen LogP contribution in [0.15, 0.2) is 48.5 Å². The van der Waals surface area contributed by atoms with Gasteiger partial charge in [0.1, 0.15) is 12.3 Å². The molecule has 2 rings (SSSR count). The molecule has 0 aliphatic heterocycles. The summed E-state index contributed by atoms with van der Waals surface area (Å²) >= 11 is 0. The third kappa shape index (κ3) is 6.49. The second-order valence-corrected chi connectivity index (χ2v) is 10.3. The fourth-order valence-corrected chi connectivity index (χ4v) is 3.90. The number of nitrogens with one attached hydrogen (secondary N) is 1. The molecule has 30 heavy (non-hydrogen) atoms. The van der Waals surface area contributed by atoms with E-state index in [0.717, 1.165) is 16.1 Å². The van der Waals surface area contributed by atoms with Crippen molar-refractivity contribution in [2.75, 3.05) is 23.7 Å². The van der Waals surface area contributed by atoms with Crippen LogP contribution in [0.1, 0.15) is 51.8 Å². The lowest BCUT2D eigenvalue weighted by Gasteiger charge is -2.24. The van der Waals surface area contributed by atoms with Gasteiger partial charge < -0.3 is 10.1 Å². The first kappa shape index (κ1) is 23.7. The van der Waals surface area contributed by atoms with Crippen molar-refractivity contribution in [3.05, 3.63) is 59.7 Å². The Kier molecular flexibility index (Phi) is 7.53. The van der Waals surface area contributed by atoms with Gasteiger partial charge in [-0.15, -0.1) is 0 Å². The van der Waals surface area contributed by atoms with E-state index in [4.69, 9.17) is 4.74 Å². The van der Waals surface area contributed by atoms with Crippen LogP contribution in [0.25, 0.3) is 0 Å². The molecular formula is C23H32N2O4S. The molecule has 0 aliphatic rings. The quantitative estimate of drug-likeness (QED) is 0.683. The van der Waals surface area contributed by atoms with Crippen LogP contribution in [0.5, 0.6) is 5.75 Å². The van der Waals surface area contributed by atoms with Gasteiger partial charge in [0.05, 0.1) is 24.6 Å². The van der Waals surface area contributed by atoms with Crippen LogP contribution in [0.3, 0.4) is 0 Å². The van der Waals surface area contributed by atoms with Crippen molar-refractivity contribution in [2.24, 2.45) is 0 Å². The fourth-order valence-electron chi connectivity index (χ4n) is 3.05. The van der Waals surface area contributed by atoms with E-state index < -0.39 is 10.0 Å². The number of nitrogens with zero attached hydrogens (tertiary/aromatic N) is 1. The van der Waals surface area contributed by atoms with E-state index in [-0.39, 0.29) is 23.9 Å². The summed E-state index contributed by atoms with van der Waals surface area (Å²) in [6.07, 6.45) is 1.09. The molecule has 0 fully saturated rings. The fraction of sp³-hybridized carbons (Fsp3) is 0.435. The van der Waals surface area contributed by atoms with E-state index in [1.807, 2.05) is 26.0 Å². The maximum atomic E-state index is 12.6. The maximum Gasteiger partial charge on any atom is 0.241 e. The molecule has 0 radical (unpaired) electrons. The molecule has 0 aromatic heterocycles. The van der Waals surface area contributed by atoms with E-state index in [1.165, 1.54) is 5.56 Å². The second kappa shape index (κ2) is 9.51. The van der Waals surface area contributed by atoms with Gasteiger partial charge >= 0.3 is 0 Å². The van der Waals surface area contributed by atoms with Crippen LogP contribution < -0.4 is 14.4 Å². The van der Waals surface area contributed by atoms with Crippen molar-refractivity contribution in [3.63, 3.8) is 0 Å². The highest BCUT2D eigenvalue weighted by molar-refractivity contribution is 7.92. The predicted octanol–water partition coefficient (Wildman–Crippen LogP) is 4.03. The molecule has 7 heteroatoms. The van der Waals surface area contributed by atoms with Gasteiger partial charge in [0.25, 0.3) is 0 Å². The van der Waals surface area contributed by atoms with Crippen molar-refractivity contribution < 1.29 is 17.9 Å². The lowest BCUT2D eigenvalue weighted by Crippen LogP contribution is -2.41. The Morgan fingerprint density at radius 1 is 1.07 bits per heavy atom. The molecule has 1 N–H and O–H groups in total. The Labute approximate surface area is 180 Å². The smallest absolute Gasteiger partial charge is 0.241 e. The third-order valence-corrected chi connectivity index (χ3v) is 5.92. The molecule has 164 valence electrons. The molecule has 2 aromatic rings. The number of hydrogen-bond acceptors (Lipinski definition) is 4. The number of hydrogen-bond donors (Lipinski definition) is 1. The molecular weight excluding hydrogens is 400 g/mol.